The minimum Gasteiger partial charge on any atom is -0.481 e. The zero-order chi connectivity index (χ0) is 27.0. The van der Waals surface area contributed by atoms with Crippen LogP contribution in [0.5, 0.6) is 0 Å². The van der Waals surface area contributed by atoms with Crippen LogP contribution in [0, 0.1) is 0 Å². The highest BCUT2D eigenvalue weighted by molar-refractivity contribution is 7.14. The molecule has 1 heterocycles. The number of fused-ring (bicyclic) bond motifs is 1. The van der Waals surface area contributed by atoms with E-state index in [0.717, 1.165) is 34.9 Å². The largest absolute Gasteiger partial charge is 0.481 e. The first-order chi connectivity index (χ1) is 19.0. The number of nitrogens with zero attached hydrogens (tertiary/aromatic N) is 2. The zero-order valence-corrected chi connectivity index (χ0v) is 22.2. The lowest BCUT2D eigenvalue weighted by molar-refractivity contribution is -0.136. The molecule has 5 rings (SSSR count). The first-order valence-electron chi connectivity index (χ1n) is 12.9. The lowest BCUT2D eigenvalue weighted by Crippen LogP contribution is -2.26. The van der Waals surface area contributed by atoms with Crippen LogP contribution in [-0.2, 0) is 17.8 Å². The van der Waals surface area contributed by atoms with Crippen LogP contribution >= 0.6 is 11.3 Å². The van der Waals surface area contributed by atoms with Gasteiger partial charge < -0.3 is 15.3 Å². The van der Waals surface area contributed by atoms with E-state index in [9.17, 15) is 9.59 Å². The van der Waals surface area contributed by atoms with Crippen LogP contribution in [0.2, 0.25) is 0 Å². The van der Waals surface area contributed by atoms with E-state index in [1.807, 2.05) is 24.3 Å². The highest BCUT2D eigenvalue weighted by Crippen LogP contribution is 2.30. The maximum atomic E-state index is 12.3. The average molecular weight is 536 g/mol. The number of aliphatic carboxylic acids is 1. The third-order valence-corrected chi connectivity index (χ3v) is 7.44. The van der Waals surface area contributed by atoms with Crippen molar-refractivity contribution in [1.82, 2.24) is 10.3 Å². The molecule has 0 spiro atoms. The van der Waals surface area contributed by atoms with Gasteiger partial charge in [-0.15, -0.1) is 11.3 Å². The second-order valence-electron chi connectivity index (χ2n) is 9.33. The highest BCUT2D eigenvalue weighted by Gasteiger charge is 2.15. The van der Waals surface area contributed by atoms with Crippen LogP contribution in [0.4, 0.5) is 5.13 Å². The summed E-state index contributed by atoms with van der Waals surface area (Å²) < 4.78 is 0. The van der Waals surface area contributed by atoms with Crippen molar-refractivity contribution in [3.8, 4) is 11.3 Å². The van der Waals surface area contributed by atoms with Crippen LogP contribution in [-0.4, -0.2) is 35.1 Å². The van der Waals surface area contributed by atoms with Crippen molar-refractivity contribution in [2.75, 3.05) is 18.0 Å². The molecule has 0 unspecified atom stereocenters. The summed E-state index contributed by atoms with van der Waals surface area (Å²) in [6, 6.07) is 32.6. The fraction of sp³-hybridized carbons (Fsp3) is 0.156. The molecule has 0 fully saturated rings. The molecule has 0 radical (unpaired) electrons. The monoisotopic (exact) mass is 535 g/mol. The van der Waals surface area contributed by atoms with Crippen molar-refractivity contribution in [3.63, 3.8) is 0 Å². The minimum absolute atomic E-state index is 0.102. The Bertz CT molecular complexity index is 1560. The first-order valence-corrected chi connectivity index (χ1v) is 13.8. The first kappa shape index (κ1) is 26.1. The highest BCUT2D eigenvalue weighted by atomic mass is 32.1. The SMILES string of the molecule is O=C(O)CCNC(=O)c1ccc(CN(CCc2ccccc2)c2nc(-c3ccc4ccccc4c3)cs2)cc1. The number of benzene rings is 4. The fourth-order valence-corrected chi connectivity index (χ4v) is 5.27. The number of rotatable bonds is 11. The van der Waals surface area contributed by atoms with Crippen molar-refractivity contribution >= 4 is 39.1 Å². The van der Waals surface area contributed by atoms with E-state index in [2.05, 4.69) is 76.3 Å². The van der Waals surface area contributed by atoms with Gasteiger partial charge in [0.2, 0.25) is 0 Å². The predicted molar refractivity (Wildman–Crippen MR) is 157 cm³/mol. The number of carbonyl (C=O) groups is 2. The summed E-state index contributed by atoms with van der Waals surface area (Å²) in [5, 5.41) is 16.9. The molecule has 0 aliphatic rings. The summed E-state index contributed by atoms with van der Waals surface area (Å²) in [7, 11) is 0. The third kappa shape index (κ3) is 6.89. The molecule has 2 N–H and O–H groups in total. The van der Waals surface area contributed by atoms with Gasteiger partial charge in [0.05, 0.1) is 12.1 Å². The molecule has 0 aliphatic carbocycles. The van der Waals surface area contributed by atoms with Crippen LogP contribution in [0.1, 0.15) is 27.9 Å². The minimum atomic E-state index is -0.938. The number of carboxylic acids is 1. The quantitative estimate of drug-likeness (QED) is 0.204. The topological polar surface area (TPSA) is 82.5 Å². The molecular formula is C32H29N3O3S. The number of thiazole rings is 1. The Kier molecular flexibility index (Phi) is 8.29. The lowest BCUT2D eigenvalue weighted by atomic mass is 10.1. The van der Waals surface area contributed by atoms with Gasteiger partial charge in [-0.2, -0.15) is 0 Å². The van der Waals surface area contributed by atoms with Crippen molar-refractivity contribution in [1.29, 1.82) is 0 Å². The van der Waals surface area contributed by atoms with Crippen molar-refractivity contribution < 1.29 is 14.7 Å². The van der Waals surface area contributed by atoms with Gasteiger partial charge in [-0.05, 0) is 46.5 Å². The van der Waals surface area contributed by atoms with Crippen LogP contribution in [0.15, 0.2) is 102 Å². The Balaban J connectivity index is 1.34. The number of anilines is 1. The van der Waals surface area contributed by atoms with E-state index < -0.39 is 5.97 Å². The van der Waals surface area contributed by atoms with Crippen molar-refractivity contribution in [2.24, 2.45) is 0 Å². The van der Waals surface area contributed by atoms with E-state index in [1.165, 1.54) is 16.3 Å². The second kappa shape index (κ2) is 12.4. The van der Waals surface area contributed by atoms with Gasteiger partial charge in [0, 0.05) is 36.1 Å². The molecule has 7 heteroatoms. The average Bonchev–Trinajstić information content (AvgIpc) is 3.46. The molecule has 1 amide bonds. The number of hydrogen-bond acceptors (Lipinski definition) is 5. The van der Waals surface area contributed by atoms with Gasteiger partial charge in [-0.25, -0.2) is 4.98 Å². The molecule has 0 atom stereocenters. The Labute approximate surface area is 231 Å². The normalized spacial score (nSPS) is 10.9. The number of nitrogens with one attached hydrogen (secondary N) is 1. The Morgan fingerprint density at radius 1 is 0.846 bits per heavy atom. The molecule has 6 nitrogen and oxygen atoms in total. The maximum Gasteiger partial charge on any atom is 0.305 e. The number of carbonyl (C=O) groups excluding carboxylic acids is 1. The standard InChI is InChI=1S/C32H29N3O3S/c36-30(37)16-18-33-31(38)26-12-10-24(11-13-26)21-35(19-17-23-6-2-1-3-7-23)32-34-29(22-39-32)28-15-14-25-8-4-5-9-27(25)20-28/h1-15,20,22H,16-19,21H2,(H,33,38)(H,36,37). The van der Waals surface area contributed by atoms with Crippen LogP contribution in [0.3, 0.4) is 0 Å². The molecule has 0 bridgehead atoms. The van der Waals surface area contributed by atoms with Gasteiger partial charge in [0.25, 0.3) is 5.91 Å². The van der Waals surface area contributed by atoms with Gasteiger partial charge in [0.15, 0.2) is 5.13 Å². The second-order valence-corrected chi connectivity index (χ2v) is 10.2. The van der Waals surface area contributed by atoms with E-state index in [-0.39, 0.29) is 18.9 Å². The molecule has 196 valence electrons. The Morgan fingerprint density at radius 2 is 1.59 bits per heavy atom. The summed E-state index contributed by atoms with van der Waals surface area (Å²) in [4.78, 5) is 30.3. The Morgan fingerprint density at radius 3 is 2.36 bits per heavy atom. The van der Waals surface area contributed by atoms with E-state index in [0.29, 0.717) is 12.1 Å². The molecular weight excluding hydrogens is 506 g/mol. The molecule has 39 heavy (non-hydrogen) atoms. The summed E-state index contributed by atoms with van der Waals surface area (Å²) in [6.07, 6.45) is 0.783. The summed E-state index contributed by atoms with van der Waals surface area (Å²) in [5.74, 6) is -1.21. The van der Waals surface area contributed by atoms with Gasteiger partial charge in [0.1, 0.15) is 0 Å². The smallest absolute Gasteiger partial charge is 0.305 e. The molecule has 0 saturated carbocycles. The molecule has 1 aromatic heterocycles. The summed E-state index contributed by atoms with van der Waals surface area (Å²) >= 11 is 1.63. The molecule has 0 saturated heterocycles. The number of amides is 1. The van der Waals surface area contributed by atoms with Crippen LogP contribution in [0.25, 0.3) is 22.0 Å². The van der Waals surface area contributed by atoms with E-state index in [1.54, 1.807) is 23.5 Å². The number of aromatic nitrogens is 1. The Hall–Kier alpha value is -4.49. The maximum absolute atomic E-state index is 12.3. The summed E-state index contributed by atoms with van der Waals surface area (Å²) in [5.41, 5.74) is 4.89. The zero-order valence-electron chi connectivity index (χ0n) is 21.4. The third-order valence-electron chi connectivity index (χ3n) is 6.54. The van der Waals surface area contributed by atoms with E-state index in [4.69, 9.17) is 10.1 Å². The predicted octanol–water partition coefficient (Wildman–Crippen LogP) is 6.42. The van der Waals surface area contributed by atoms with Gasteiger partial charge in [-0.3, -0.25) is 9.59 Å². The number of hydrogen-bond donors (Lipinski definition) is 2. The molecule has 4 aromatic carbocycles. The van der Waals surface area contributed by atoms with Gasteiger partial charge in [-0.1, -0.05) is 78.9 Å². The summed E-state index contributed by atoms with van der Waals surface area (Å²) in [6.45, 7) is 1.55. The van der Waals surface area contributed by atoms with Crippen molar-refractivity contribution in [3.05, 3.63) is 119 Å². The lowest BCUT2D eigenvalue weighted by Gasteiger charge is -2.22. The van der Waals surface area contributed by atoms with Crippen LogP contribution < -0.4 is 10.2 Å². The van der Waals surface area contributed by atoms with Crippen molar-refractivity contribution in [2.45, 2.75) is 19.4 Å². The molecule has 0 aliphatic heterocycles. The fourth-order valence-electron chi connectivity index (χ4n) is 4.41. The van der Waals surface area contributed by atoms with E-state index >= 15 is 0 Å². The number of carboxylic acid groups (broad SMARTS) is 1. The molecule has 5 aromatic rings. The van der Waals surface area contributed by atoms with Gasteiger partial charge >= 0.3 is 5.97 Å².